The third-order valence-corrected chi connectivity index (χ3v) is 6.42. The largest absolute Gasteiger partial charge is 0.497 e. The van der Waals surface area contributed by atoms with Crippen molar-refractivity contribution in [1.82, 2.24) is 10.2 Å². The standard InChI is InChI=1S/C23H29N3O6S/c1-31-21-9-3-18(4-10-21)11-12-24-22(27)17-26(33(2,29)30)20-7-5-19(6-8-20)23(28)25-13-15-32-16-14-25/h3-10H,11-17H2,1-2H3,(H,24,27). The fourth-order valence-corrected chi connectivity index (χ4v) is 4.30. The molecule has 0 atom stereocenters. The Kier molecular flexibility index (Phi) is 8.29. The molecule has 0 aromatic heterocycles. The summed E-state index contributed by atoms with van der Waals surface area (Å²) in [6, 6.07) is 13.7. The Balaban J connectivity index is 1.59. The number of rotatable bonds is 9. The number of carbonyl (C=O) groups is 2. The molecule has 1 saturated heterocycles. The number of nitrogens with one attached hydrogen (secondary N) is 1. The van der Waals surface area contributed by atoms with Gasteiger partial charge in [-0.2, -0.15) is 0 Å². The summed E-state index contributed by atoms with van der Waals surface area (Å²) in [4.78, 5) is 26.7. The maximum atomic E-state index is 12.6. The van der Waals surface area contributed by atoms with Crippen molar-refractivity contribution in [2.75, 3.05) is 57.1 Å². The van der Waals surface area contributed by atoms with E-state index in [1.807, 2.05) is 24.3 Å². The molecule has 1 heterocycles. The molecule has 0 unspecified atom stereocenters. The van der Waals surface area contributed by atoms with Gasteiger partial charge in [-0.1, -0.05) is 12.1 Å². The topological polar surface area (TPSA) is 105 Å². The average molecular weight is 476 g/mol. The second kappa shape index (κ2) is 11.2. The van der Waals surface area contributed by atoms with E-state index in [1.165, 1.54) is 0 Å². The van der Waals surface area contributed by atoms with Crippen molar-refractivity contribution in [3.63, 3.8) is 0 Å². The molecule has 2 amide bonds. The summed E-state index contributed by atoms with van der Waals surface area (Å²) in [5, 5.41) is 2.76. The third kappa shape index (κ3) is 6.93. The Labute approximate surface area is 194 Å². The van der Waals surface area contributed by atoms with Gasteiger partial charge in [0, 0.05) is 25.2 Å². The highest BCUT2D eigenvalue weighted by Gasteiger charge is 2.22. The van der Waals surface area contributed by atoms with E-state index >= 15 is 0 Å². The lowest BCUT2D eigenvalue weighted by atomic mass is 10.1. The van der Waals surface area contributed by atoms with Crippen LogP contribution in [-0.2, 0) is 26.0 Å². The predicted octanol–water partition coefficient (Wildman–Crippen LogP) is 1.29. The van der Waals surface area contributed by atoms with Gasteiger partial charge in [-0.15, -0.1) is 0 Å². The molecule has 10 heteroatoms. The first-order valence-electron chi connectivity index (χ1n) is 10.6. The van der Waals surface area contributed by atoms with Crippen LogP contribution in [0.5, 0.6) is 5.75 Å². The first kappa shape index (κ1) is 24.5. The summed E-state index contributed by atoms with van der Waals surface area (Å²) in [7, 11) is -2.11. The van der Waals surface area contributed by atoms with Crippen molar-refractivity contribution in [1.29, 1.82) is 0 Å². The molecular weight excluding hydrogens is 446 g/mol. The van der Waals surface area contributed by atoms with Crippen molar-refractivity contribution in [2.24, 2.45) is 0 Å². The smallest absolute Gasteiger partial charge is 0.254 e. The van der Waals surface area contributed by atoms with Crippen LogP contribution >= 0.6 is 0 Å². The summed E-state index contributed by atoms with van der Waals surface area (Å²) in [6.45, 7) is 2.06. The number of hydrogen-bond donors (Lipinski definition) is 1. The van der Waals surface area contributed by atoms with E-state index in [2.05, 4.69) is 5.32 Å². The SMILES string of the molecule is COc1ccc(CCNC(=O)CN(c2ccc(C(=O)N3CCOCC3)cc2)S(C)(=O)=O)cc1. The number of benzene rings is 2. The molecule has 0 aliphatic carbocycles. The number of ether oxygens (including phenoxy) is 2. The number of amides is 2. The van der Waals surface area contributed by atoms with E-state index in [9.17, 15) is 18.0 Å². The minimum absolute atomic E-state index is 0.132. The summed E-state index contributed by atoms with van der Waals surface area (Å²) in [5.74, 6) is 0.207. The fraction of sp³-hybridized carbons (Fsp3) is 0.391. The van der Waals surface area contributed by atoms with Crippen molar-refractivity contribution >= 4 is 27.5 Å². The molecule has 0 bridgehead atoms. The van der Waals surface area contributed by atoms with E-state index < -0.39 is 15.9 Å². The van der Waals surface area contributed by atoms with E-state index in [0.29, 0.717) is 50.5 Å². The molecule has 0 spiro atoms. The second-order valence-electron chi connectivity index (χ2n) is 7.67. The zero-order valence-corrected chi connectivity index (χ0v) is 19.6. The zero-order chi connectivity index (χ0) is 23.8. The summed E-state index contributed by atoms with van der Waals surface area (Å²) < 4.78 is 36.1. The lowest BCUT2D eigenvalue weighted by Crippen LogP contribution is -2.41. The van der Waals surface area contributed by atoms with Gasteiger partial charge in [0.25, 0.3) is 5.91 Å². The van der Waals surface area contributed by atoms with Crippen LogP contribution in [0.25, 0.3) is 0 Å². The van der Waals surface area contributed by atoms with E-state index in [1.54, 1.807) is 36.3 Å². The lowest BCUT2D eigenvalue weighted by molar-refractivity contribution is -0.119. The second-order valence-corrected chi connectivity index (χ2v) is 9.58. The highest BCUT2D eigenvalue weighted by Crippen LogP contribution is 2.19. The van der Waals surface area contributed by atoms with Crippen molar-refractivity contribution in [2.45, 2.75) is 6.42 Å². The van der Waals surface area contributed by atoms with Crippen molar-refractivity contribution in [3.8, 4) is 5.75 Å². The monoisotopic (exact) mass is 475 g/mol. The quantitative estimate of drug-likeness (QED) is 0.586. The Morgan fingerprint density at radius 1 is 1.06 bits per heavy atom. The first-order valence-corrected chi connectivity index (χ1v) is 12.5. The van der Waals surface area contributed by atoms with Gasteiger partial charge in [0.2, 0.25) is 15.9 Å². The Morgan fingerprint density at radius 2 is 1.70 bits per heavy atom. The molecule has 1 fully saturated rings. The Hall–Kier alpha value is -3.11. The zero-order valence-electron chi connectivity index (χ0n) is 18.8. The molecular formula is C23H29N3O6S. The van der Waals surface area contributed by atoms with Gasteiger partial charge in [0.15, 0.2) is 0 Å². The number of anilines is 1. The number of carbonyl (C=O) groups excluding carboxylic acids is 2. The summed E-state index contributed by atoms with van der Waals surface area (Å²) >= 11 is 0. The minimum Gasteiger partial charge on any atom is -0.497 e. The van der Waals surface area contributed by atoms with E-state index in [-0.39, 0.29) is 12.5 Å². The molecule has 2 aromatic rings. The molecule has 1 aliphatic heterocycles. The van der Waals surface area contributed by atoms with E-state index in [0.717, 1.165) is 21.9 Å². The van der Waals surface area contributed by atoms with Gasteiger partial charge in [-0.05, 0) is 48.4 Å². The maximum Gasteiger partial charge on any atom is 0.254 e. The van der Waals surface area contributed by atoms with Gasteiger partial charge < -0.3 is 19.7 Å². The van der Waals surface area contributed by atoms with Crippen LogP contribution in [0.4, 0.5) is 5.69 Å². The number of hydrogen-bond acceptors (Lipinski definition) is 6. The molecule has 3 rings (SSSR count). The average Bonchev–Trinajstić information content (AvgIpc) is 2.82. The van der Waals surface area contributed by atoms with Crippen LogP contribution in [-0.4, -0.2) is 77.9 Å². The molecule has 178 valence electrons. The molecule has 1 aliphatic rings. The van der Waals surface area contributed by atoms with Gasteiger partial charge in [-0.3, -0.25) is 13.9 Å². The highest BCUT2D eigenvalue weighted by atomic mass is 32.2. The van der Waals surface area contributed by atoms with Crippen LogP contribution in [0.2, 0.25) is 0 Å². The highest BCUT2D eigenvalue weighted by molar-refractivity contribution is 7.92. The van der Waals surface area contributed by atoms with Crippen molar-refractivity contribution < 1.29 is 27.5 Å². The van der Waals surface area contributed by atoms with Gasteiger partial charge >= 0.3 is 0 Å². The van der Waals surface area contributed by atoms with Crippen molar-refractivity contribution in [3.05, 3.63) is 59.7 Å². The molecule has 0 radical (unpaired) electrons. The third-order valence-electron chi connectivity index (χ3n) is 5.28. The Morgan fingerprint density at radius 3 is 2.27 bits per heavy atom. The predicted molar refractivity (Wildman–Crippen MR) is 125 cm³/mol. The first-order chi connectivity index (χ1) is 15.8. The van der Waals surface area contributed by atoms with E-state index in [4.69, 9.17) is 9.47 Å². The maximum absolute atomic E-state index is 12.6. The van der Waals surface area contributed by atoms with Crippen LogP contribution in [0, 0.1) is 0 Å². The number of morpholine rings is 1. The van der Waals surface area contributed by atoms with Crippen LogP contribution in [0.1, 0.15) is 15.9 Å². The molecule has 33 heavy (non-hydrogen) atoms. The van der Waals surface area contributed by atoms with Gasteiger partial charge in [0.05, 0.1) is 32.3 Å². The van der Waals surface area contributed by atoms with Crippen LogP contribution in [0.15, 0.2) is 48.5 Å². The molecule has 2 aromatic carbocycles. The van der Waals surface area contributed by atoms with Gasteiger partial charge in [0.1, 0.15) is 12.3 Å². The number of methoxy groups -OCH3 is 1. The Bertz CT molecular complexity index is 1050. The summed E-state index contributed by atoms with van der Waals surface area (Å²) in [5.41, 5.74) is 1.80. The molecule has 0 saturated carbocycles. The normalized spacial score (nSPS) is 13.9. The van der Waals surface area contributed by atoms with Gasteiger partial charge in [-0.25, -0.2) is 8.42 Å². The van der Waals surface area contributed by atoms with Crippen LogP contribution in [0.3, 0.4) is 0 Å². The number of nitrogens with zero attached hydrogens (tertiary/aromatic N) is 2. The fourth-order valence-electron chi connectivity index (χ4n) is 3.44. The minimum atomic E-state index is -3.70. The van der Waals surface area contributed by atoms with Crippen LogP contribution < -0.4 is 14.4 Å². The molecule has 1 N–H and O–H groups in total. The summed E-state index contributed by atoms with van der Waals surface area (Å²) in [6.07, 6.45) is 1.65. The lowest BCUT2D eigenvalue weighted by Gasteiger charge is -2.27. The number of sulfonamides is 1. The molecule has 9 nitrogen and oxygen atoms in total.